The zero-order valence-electron chi connectivity index (χ0n) is 16.0. The van der Waals surface area contributed by atoms with Gasteiger partial charge in [0.15, 0.2) is 17.3 Å². The summed E-state index contributed by atoms with van der Waals surface area (Å²) in [7, 11) is 0. The van der Waals surface area contributed by atoms with E-state index in [0.29, 0.717) is 17.3 Å². The van der Waals surface area contributed by atoms with Crippen LogP contribution in [0.25, 0.3) is 0 Å². The molecule has 4 rings (SSSR count). The number of fused-ring (bicyclic) bond motifs is 1. The normalized spacial score (nSPS) is 17.2. The minimum atomic E-state index is -5.04. The van der Waals surface area contributed by atoms with Gasteiger partial charge in [0.2, 0.25) is 0 Å². The van der Waals surface area contributed by atoms with Gasteiger partial charge >= 0.3 is 12.3 Å². The first-order chi connectivity index (χ1) is 14.6. The monoisotopic (exact) mass is 444 g/mol. The van der Waals surface area contributed by atoms with Crippen molar-refractivity contribution in [3.8, 4) is 0 Å². The lowest BCUT2D eigenvalue weighted by Gasteiger charge is -2.33. The van der Waals surface area contributed by atoms with E-state index in [1.165, 1.54) is 4.90 Å². The van der Waals surface area contributed by atoms with E-state index in [2.05, 4.69) is 10.2 Å². The van der Waals surface area contributed by atoms with Crippen molar-refractivity contribution in [2.24, 2.45) is 0 Å². The molecule has 31 heavy (non-hydrogen) atoms. The number of aromatic nitrogens is 2. The maximum absolute atomic E-state index is 13.9. The van der Waals surface area contributed by atoms with E-state index >= 15 is 0 Å². The molecule has 3 heterocycles. The van der Waals surface area contributed by atoms with Crippen LogP contribution in [0.1, 0.15) is 51.6 Å². The van der Waals surface area contributed by atoms with Crippen molar-refractivity contribution in [2.75, 3.05) is 13.1 Å². The SMILES string of the molecule is O=C(O)N1Cc2[nH]nc(C(=O)N3CCC(c4ccc(F)c(F)c4C(F)(F)F)CC3)c2C1. The third-order valence-electron chi connectivity index (χ3n) is 5.76. The number of alkyl halides is 3. The van der Waals surface area contributed by atoms with Gasteiger partial charge in [-0.2, -0.15) is 18.3 Å². The molecule has 0 atom stereocenters. The maximum Gasteiger partial charge on any atom is 0.419 e. The molecule has 2 aliphatic rings. The quantitative estimate of drug-likeness (QED) is 0.691. The van der Waals surface area contributed by atoms with Crippen LogP contribution in [0.15, 0.2) is 12.1 Å². The van der Waals surface area contributed by atoms with Crippen LogP contribution < -0.4 is 0 Å². The Morgan fingerprint density at radius 1 is 1.10 bits per heavy atom. The molecule has 0 saturated carbocycles. The Morgan fingerprint density at radius 2 is 1.77 bits per heavy atom. The van der Waals surface area contributed by atoms with Gasteiger partial charge in [-0.25, -0.2) is 13.6 Å². The number of aromatic amines is 1. The summed E-state index contributed by atoms with van der Waals surface area (Å²) in [5.41, 5.74) is -0.833. The minimum Gasteiger partial charge on any atom is -0.465 e. The number of rotatable bonds is 2. The molecule has 2 aliphatic heterocycles. The zero-order chi connectivity index (χ0) is 22.5. The van der Waals surface area contributed by atoms with Crippen LogP contribution in [0.5, 0.6) is 0 Å². The van der Waals surface area contributed by atoms with Crippen LogP contribution in [0.4, 0.5) is 26.7 Å². The van der Waals surface area contributed by atoms with E-state index in [0.717, 1.165) is 11.0 Å². The second-order valence-corrected chi connectivity index (χ2v) is 7.56. The van der Waals surface area contributed by atoms with Crippen molar-refractivity contribution in [1.82, 2.24) is 20.0 Å². The molecule has 2 aromatic rings. The highest BCUT2D eigenvalue weighted by molar-refractivity contribution is 5.94. The number of nitrogens with one attached hydrogen (secondary N) is 1. The Labute approximate surface area is 172 Å². The fourth-order valence-electron chi connectivity index (χ4n) is 4.19. The van der Waals surface area contributed by atoms with Crippen LogP contribution in [0.2, 0.25) is 0 Å². The molecule has 1 saturated heterocycles. The van der Waals surface area contributed by atoms with Crippen LogP contribution in [-0.2, 0) is 19.3 Å². The summed E-state index contributed by atoms with van der Waals surface area (Å²) in [6, 6.07) is 1.63. The predicted octanol–water partition coefficient (Wildman–Crippen LogP) is 3.72. The lowest BCUT2D eigenvalue weighted by molar-refractivity contribution is -0.141. The number of nitrogens with zero attached hydrogens (tertiary/aromatic N) is 3. The summed E-state index contributed by atoms with van der Waals surface area (Å²) >= 11 is 0. The third kappa shape index (κ3) is 3.70. The van der Waals surface area contributed by atoms with Crippen LogP contribution >= 0.6 is 0 Å². The zero-order valence-corrected chi connectivity index (χ0v) is 16.0. The van der Waals surface area contributed by atoms with Crippen molar-refractivity contribution in [1.29, 1.82) is 0 Å². The highest BCUT2D eigenvalue weighted by Gasteiger charge is 2.41. The Bertz CT molecular complexity index is 1040. The molecule has 7 nitrogen and oxygen atoms in total. The van der Waals surface area contributed by atoms with Crippen molar-refractivity contribution in [3.63, 3.8) is 0 Å². The molecule has 166 valence electrons. The maximum atomic E-state index is 13.9. The van der Waals surface area contributed by atoms with Crippen molar-refractivity contribution >= 4 is 12.0 Å². The molecular formula is C19H17F5N4O3. The Hall–Kier alpha value is -3.18. The Balaban J connectivity index is 1.49. The highest BCUT2D eigenvalue weighted by atomic mass is 19.4. The standard InChI is InChI=1S/C19H17F5N4O3/c20-12-2-1-10(14(15(12)21)19(22,23)24)9-3-5-27(6-4-9)17(29)16-11-7-28(18(30)31)8-13(11)25-26-16/h1-2,9H,3-8H2,(H,25,26)(H,30,31). The van der Waals surface area contributed by atoms with Crippen molar-refractivity contribution in [2.45, 2.75) is 38.0 Å². The number of carbonyl (C=O) groups is 2. The smallest absolute Gasteiger partial charge is 0.419 e. The largest absolute Gasteiger partial charge is 0.465 e. The first-order valence-corrected chi connectivity index (χ1v) is 9.46. The van der Waals surface area contributed by atoms with Gasteiger partial charge in [-0.1, -0.05) is 6.07 Å². The van der Waals surface area contributed by atoms with Gasteiger partial charge in [-0.05, 0) is 30.4 Å². The van der Waals surface area contributed by atoms with Crippen molar-refractivity contribution in [3.05, 3.63) is 51.8 Å². The third-order valence-corrected chi connectivity index (χ3v) is 5.76. The van der Waals surface area contributed by atoms with Crippen LogP contribution in [-0.4, -0.2) is 50.2 Å². The molecule has 0 bridgehead atoms. The molecule has 12 heteroatoms. The number of H-pyrrole nitrogens is 1. The second-order valence-electron chi connectivity index (χ2n) is 7.56. The lowest BCUT2D eigenvalue weighted by atomic mass is 9.86. The average Bonchev–Trinajstić information content (AvgIpc) is 3.29. The van der Waals surface area contributed by atoms with E-state index in [4.69, 9.17) is 5.11 Å². The Kier molecular flexibility index (Phi) is 5.10. The second kappa shape index (κ2) is 7.50. The predicted molar refractivity (Wildman–Crippen MR) is 95.1 cm³/mol. The highest BCUT2D eigenvalue weighted by Crippen LogP contribution is 2.41. The van der Waals surface area contributed by atoms with E-state index < -0.39 is 41.3 Å². The molecular weight excluding hydrogens is 427 g/mol. The van der Waals surface area contributed by atoms with Crippen LogP contribution in [0, 0.1) is 11.6 Å². The number of carboxylic acid groups (broad SMARTS) is 1. The first kappa shape index (κ1) is 21.1. The molecule has 2 amide bonds. The first-order valence-electron chi connectivity index (χ1n) is 9.46. The molecule has 0 radical (unpaired) electrons. The summed E-state index contributed by atoms with van der Waals surface area (Å²) in [6.45, 7) is 0.306. The van der Waals surface area contributed by atoms with Gasteiger partial charge in [-0.3, -0.25) is 14.8 Å². The average molecular weight is 444 g/mol. The number of hydrogen-bond acceptors (Lipinski definition) is 3. The Morgan fingerprint density at radius 3 is 2.39 bits per heavy atom. The van der Waals surface area contributed by atoms with Gasteiger partial charge in [0.25, 0.3) is 5.91 Å². The molecule has 1 aromatic heterocycles. The molecule has 1 fully saturated rings. The van der Waals surface area contributed by atoms with E-state index in [1.54, 1.807) is 0 Å². The number of benzene rings is 1. The molecule has 0 unspecified atom stereocenters. The number of halogens is 5. The summed E-state index contributed by atoms with van der Waals surface area (Å²) in [5.74, 6) is -4.63. The van der Waals surface area contributed by atoms with Gasteiger partial charge in [-0.15, -0.1) is 0 Å². The van der Waals surface area contributed by atoms with Crippen LogP contribution in [0.3, 0.4) is 0 Å². The number of likely N-dealkylation sites (tertiary alicyclic amines) is 1. The minimum absolute atomic E-state index is 0.0164. The lowest BCUT2D eigenvalue weighted by Crippen LogP contribution is -2.39. The van der Waals surface area contributed by atoms with Gasteiger partial charge in [0.05, 0.1) is 24.3 Å². The van der Waals surface area contributed by atoms with Gasteiger partial charge < -0.3 is 10.0 Å². The van der Waals surface area contributed by atoms with Gasteiger partial charge in [0.1, 0.15) is 0 Å². The fraction of sp³-hybridized carbons (Fsp3) is 0.421. The summed E-state index contributed by atoms with van der Waals surface area (Å²) in [6.07, 6.45) is -5.91. The number of hydrogen-bond donors (Lipinski definition) is 2. The van der Waals surface area contributed by atoms with Gasteiger partial charge in [0, 0.05) is 18.7 Å². The number of amides is 2. The molecule has 1 aromatic carbocycles. The number of piperidine rings is 1. The summed E-state index contributed by atoms with van der Waals surface area (Å²) < 4.78 is 67.3. The summed E-state index contributed by atoms with van der Waals surface area (Å²) in [4.78, 5) is 26.5. The number of carbonyl (C=O) groups excluding carboxylic acids is 1. The van der Waals surface area contributed by atoms with E-state index in [9.17, 15) is 31.5 Å². The molecule has 0 spiro atoms. The topological polar surface area (TPSA) is 89.5 Å². The van der Waals surface area contributed by atoms with Crippen molar-refractivity contribution < 1.29 is 36.6 Å². The van der Waals surface area contributed by atoms with E-state index in [1.807, 2.05) is 0 Å². The fourth-order valence-corrected chi connectivity index (χ4v) is 4.19. The molecule has 0 aliphatic carbocycles. The molecule has 2 N–H and O–H groups in total. The van der Waals surface area contributed by atoms with E-state index in [-0.39, 0.29) is 50.3 Å². The summed E-state index contributed by atoms with van der Waals surface area (Å²) in [5, 5.41) is 15.7.